The molecule has 1 fully saturated rings. The Morgan fingerprint density at radius 1 is 1.00 bits per heavy atom. The van der Waals surface area contributed by atoms with Crippen molar-refractivity contribution in [3.05, 3.63) is 65.5 Å². The maximum absolute atomic E-state index is 12.5. The molecule has 1 aromatic heterocycles. The van der Waals surface area contributed by atoms with Crippen LogP contribution in [0.5, 0.6) is 0 Å². The molecule has 3 aromatic rings. The molecule has 34 heavy (non-hydrogen) atoms. The number of nitrogens with zero attached hydrogens (tertiary/aromatic N) is 3. The van der Waals surface area contributed by atoms with Gasteiger partial charge >= 0.3 is 6.01 Å². The minimum atomic E-state index is -3.35. The van der Waals surface area contributed by atoms with Crippen molar-refractivity contribution in [3.63, 3.8) is 0 Å². The smallest absolute Gasteiger partial charge is 0.322 e. The first-order valence-corrected chi connectivity index (χ1v) is 12.1. The number of hydrogen-bond acceptors (Lipinski definition) is 8. The van der Waals surface area contributed by atoms with Crippen molar-refractivity contribution in [2.45, 2.75) is 43.3 Å². The van der Waals surface area contributed by atoms with E-state index in [1.807, 2.05) is 0 Å². The van der Waals surface area contributed by atoms with Gasteiger partial charge in [-0.1, -0.05) is 17.2 Å². The molecule has 4 rings (SSSR count). The molecule has 0 spiro atoms. The van der Waals surface area contributed by atoms with Gasteiger partial charge in [0.05, 0.1) is 22.3 Å². The Labute approximate surface area is 195 Å². The van der Waals surface area contributed by atoms with Crippen LogP contribution in [0.2, 0.25) is 0 Å². The van der Waals surface area contributed by atoms with E-state index >= 15 is 0 Å². The van der Waals surface area contributed by atoms with Crippen LogP contribution >= 0.6 is 0 Å². The Morgan fingerprint density at radius 3 is 2.21 bits per heavy atom. The molecule has 176 valence electrons. The molecule has 1 aliphatic heterocycles. The number of imide groups is 1. The highest BCUT2D eigenvalue weighted by Gasteiger charge is 2.30. The molecule has 0 aliphatic carbocycles. The molecule has 3 amide bonds. The van der Waals surface area contributed by atoms with Crippen LogP contribution < -0.4 is 10.2 Å². The van der Waals surface area contributed by atoms with Gasteiger partial charge < -0.3 is 4.42 Å². The standard InChI is InChI=1S/C23H22N4O6S/c1-14(2)34(31,32)18-9-3-15(4-10-18)13-19-25-26-23(33-19)24-22(30)16-5-7-17(8-6-16)27-20(28)11-12-21(27)29/h3-10,14H,11-13H2,1-2H3,(H,24,26,30). The van der Waals surface area contributed by atoms with Crippen molar-refractivity contribution < 1.29 is 27.2 Å². The molecule has 1 N–H and O–H groups in total. The Balaban J connectivity index is 1.38. The van der Waals surface area contributed by atoms with Crippen molar-refractivity contribution in [2.75, 3.05) is 10.2 Å². The summed E-state index contributed by atoms with van der Waals surface area (Å²) >= 11 is 0. The Hall–Kier alpha value is -3.86. The van der Waals surface area contributed by atoms with E-state index in [1.54, 1.807) is 26.0 Å². The monoisotopic (exact) mass is 482 g/mol. The molecule has 11 heteroatoms. The zero-order valence-corrected chi connectivity index (χ0v) is 19.3. The first-order valence-electron chi connectivity index (χ1n) is 10.6. The summed E-state index contributed by atoms with van der Waals surface area (Å²) in [6.07, 6.45) is 0.626. The van der Waals surface area contributed by atoms with Crippen molar-refractivity contribution in [2.24, 2.45) is 0 Å². The third-order valence-electron chi connectivity index (χ3n) is 5.35. The molecule has 2 aromatic carbocycles. The first kappa shape index (κ1) is 23.3. The van der Waals surface area contributed by atoms with Crippen LogP contribution in [0.25, 0.3) is 0 Å². The van der Waals surface area contributed by atoms with Crippen LogP contribution in [0.3, 0.4) is 0 Å². The normalized spacial score (nSPS) is 14.1. The largest absolute Gasteiger partial charge is 0.407 e. The van der Waals surface area contributed by atoms with E-state index < -0.39 is 21.0 Å². The molecule has 10 nitrogen and oxygen atoms in total. The van der Waals surface area contributed by atoms with Crippen molar-refractivity contribution in [3.8, 4) is 0 Å². The van der Waals surface area contributed by atoms with Gasteiger partial charge in [0.15, 0.2) is 9.84 Å². The Morgan fingerprint density at radius 2 is 1.62 bits per heavy atom. The van der Waals surface area contributed by atoms with Crippen molar-refractivity contribution in [1.29, 1.82) is 0 Å². The molecular weight excluding hydrogens is 460 g/mol. The quantitative estimate of drug-likeness (QED) is 0.507. The van der Waals surface area contributed by atoms with Gasteiger partial charge in [-0.25, -0.2) is 8.42 Å². The summed E-state index contributed by atoms with van der Waals surface area (Å²) in [6, 6.07) is 12.4. The second kappa shape index (κ2) is 9.18. The number of sulfone groups is 1. The zero-order valence-electron chi connectivity index (χ0n) is 18.5. The summed E-state index contributed by atoms with van der Waals surface area (Å²) in [6.45, 7) is 3.25. The van der Waals surface area contributed by atoms with Crippen LogP contribution in [0.1, 0.15) is 48.5 Å². The van der Waals surface area contributed by atoms with E-state index in [-0.39, 0.29) is 53.4 Å². The van der Waals surface area contributed by atoms with Gasteiger partial charge in [0.1, 0.15) is 0 Å². The molecule has 0 saturated carbocycles. The second-order valence-corrected chi connectivity index (χ2v) is 10.5. The van der Waals surface area contributed by atoms with Crippen LogP contribution in [-0.4, -0.2) is 41.6 Å². The molecule has 1 saturated heterocycles. The van der Waals surface area contributed by atoms with Gasteiger partial charge in [-0.2, -0.15) is 0 Å². The minimum Gasteiger partial charge on any atom is -0.407 e. The fraction of sp³-hybridized carbons (Fsp3) is 0.261. The zero-order chi connectivity index (χ0) is 24.5. The lowest BCUT2D eigenvalue weighted by atomic mass is 10.1. The minimum absolute atomic E-state index is 0.0898. The van der Waals surface area contributed by atoms with Crippen LogP contribution in [-0.2, 0) is 25.8 Å². The summed E-state index contributed by atoms with van der Waals surface area (Å²) in [4.78, 5) is 37.5. The van der Waals surface area contributed by atoms with Gasteiger partial charge in [-0.05, 0) is 55.8 Å². The average Bonchev–Trinajstić information content (AvgIpc) is 3.39. The van der Waals surface area contributed by atoms with Crippen LogP contribution in [0, 0.1) is 0 Å². The molecule has 1 aliphatic rings. The lowest BCUT2D eigenvalue weighted by molar-refractivity contribution is -0.121. The SMILES string of the molecule is CC(C)S(=O)(=O)c1ccc(Cc2nnc(NC(=O)c3ccc(N4C(=O)CCC4=O)cc3)o2)cc1. The van der Waals surface area contributed by atoms with Crippen molar-refractivity contribution in [1.82, 2.24) is 10.2 Å². The predicted molar refractivity (Wildman–Crippen MR) is 122 cm³/mol. The molecule has 0 atom stereocenters. The molecule has 0 radical (unpaired) electrons. The summed E-state index contributed by atoms with van der Waals surface area (Å²) in [5.74, 6) is -0.784. The lowest BCUT2D eigenvalue weighted by Gasteiger charge is -2.13. The summed E-state index contributed by atoms with van der Waals surface area (Å²) < 4.78 is 29.9. The highest BCUT2D eigenvalue weighted by molar-refractivity contribution is 7.92. The second-order valence-electron chi connectivity index (χ2n) is 8.04. The maximum Gasteiger partial charge on any atom is 0.322 e. The number of hydrogen-bond donors (Lipinski definition) is 1. The third kappa shape index (κ3) is 4.74. The molecule has 2 heterocycles. The Kier molecular flexibility index (Phi) is 6.29. The number of carbonyl (C=O) groups is 3. The third-order valence-corrected chi connectivity index (χ3v) is 7.52. The molecular formula is C23H22N4O6S. The van der Waals surface area contributed by atoms with Gasteiger partial charge in [0, 0.05) is 18.4 Å². The number of rotatable bonds is 7. The topological polar surface area (TPSA) is 140 Å². The van der Waals surface area contributed by atoms with Gasteiger partial charge in [-0.15, -0.1) is 5.10 Å². The average molecular weight is 483 g/mol. The first-order chi connectivity index (χ1) is 16.1. The van der Waals surface area contributed by atoms with Crippen molar-refractivity contribution >= 4 is 39.3 Å². The fourth-order valence-electron chi connectivity index (χ4n) is 3.42. The number of benzene rings is 2. The number of nitrogens with one attached hydrogen (secondary N) is 1. The predicted octanol–water partition coefficient (Wildman–Crippen LogP) is 2.75. The van der Waals surface area contributed by atoms with E-state index in [0.717, 1.165) is 10.5 Å². The number of aromatic nitrogens is 2. The molecule has 0 bridgehead atoms. The number of carbonyl (C=O) groups excluding carboxylic acids is 3. The maximum atomic E-state index is 12.5. The Bertz CT molecular complexity index is 1330. The van der Waals surface area contributed by atoms with E-state index in [2.05, 4.69) is 15.5 Å². The summed E-state index contributed by atoms with van der Waals surface area (Å²) in [5, 5.41) is 9.72. The number of anilines is 2. The van der Waals surface area contributed by atoms with E-state index in [1.165, 1.54) is 36.4 Å². The lowest BCUT2D eigenvalue weighted by Crippen LogP contribution is -2.28. The van der Waals surface area contributed by atoms with E-state index in [9.17, 15) is 22.8 Å². The van der Waals surface area contributed by atoms with Crippen LogP contribution in [0.15, 0.2) is 57.8 Å². The fourth-order valence-corrected chi connectivity index (χ4v) is 4.47. The van der Waals surface area contributed by atoms with E-state index in [4.69, 9.17) is 4.42 Å². The summed E-state index contributed by atoms with van der Waals surface area (Å²) in [5.41, 5.74) is 1.46. The van der Waals surface area contributed by atoms with Gasteiger partial charge in [-0.3, -0.25) is 24.6 Å². The van der Waals surface area contributed by atoms with E-state index in [0.29, 0.717) is 5.69 Å². The number of amides is 3. The summed E-state index contributed by atoms with van der Waals surface area (Å²) in [7, 11) is -3.35. The van der Waals surface area contributed by atoms with Crippen LogP contribution in [0.4, 0.5) is 11.7 Å². The van der Waals surface area contributed by atoms with Gasteiger partial charge in [0.2, 0.25) is 17.7 Å². The van der Waals surface area contributed by atoms with Gasteiger partial charge in [0.25, 0.3) is 5.91 Å². The molecule has 0 unspecified atom stereocenters. The highest BCUT2D eigenvalue weighted by atomic mass is 32.2. The highest BCUT2D eigenvalue weighted by Crippen LogP contribution is 2.23.